The van der Waals surface area contributed by atoms with Crippen LogP contribution in [0.2, 0.25) is 0 Å². The van der Waals surface area contributed by atoms with E-state index in [-0.39, 0.29) is 22.7 Å². The van der Waals surface area contributed by atoms with E-state index < -0.39 is 0 Å². The maximum absolute atomic E-state index is 7.53. The van der Waals surface area contributed by atoms with E-state index in [0.717, 1.165) is 61.4 Å². The second kappa shape index (κ2) is 16.9. The third kappa shape index (κ3) is 12.2. The van der Waals surface area contributed by atoms with Crippen LogP contribution in [0.1, 0.15) is 86.8 Å². The molecule has 254 valence electrons. The van der Waals surface area contributed by atoms with E-state index in [1.54, 1.807) is 24.3 Å². The number of unbranched alkanes of at least 4 members (excludes halogenated alkanes) is 1. The lowest BCUT2D eigenvalue weighted by Gasteiger charge is -2.29. The largest absolute Gasteiger partial charge is 0.489 e. The first-order chi connectivity index (χ1) is 22.9. The molecular formula is C40H52N6O2. The van der Waals surface area contributed by atoms with E-state index in [2.05, 4.69) is 86.9 Å². The highest BCUT2D eigenvalue weighted by Gasteiger charge is 2.20. The molecule has 8 heteroatoms. The summed E-state index contributed by atoms with van der Waals surface area (Å²) >= 11 is 0. The minimum atomic E-state index is 0.0283. The van der Waals surface area contributed by atoms with E-state index in [1.165, 1.54) is 11.1 Å². The summed E-state index contributed by atoms with van der Waals surface area (Å²) in [4.78, 5) is 0. The van der Waals surface area contributed by atoms with Crippen molar-refractivity contribution >= 4 is 11.7 Å². The first-order valence-electron chi connectivity index (χ1n) is 16.7. The fourth-order valence-electron chi connectivity index (χ4n) is 5.45. The van der Waals surface area contributed by atoms with Crippen molar-refractivity contribution in [2.75, 3.05) is 0 Å². The van der Waals surface area contributed by atoms with Crippen LogP contribution in [-0.2, 0) is 26.3 Å². The topological polar surface area (TPSA) is 142 Å². The number of ether oxygens (including phenoxy) is 2. The molecule has 48 heavy (non-hydrogen) atoms. The number of rotatable bonds is 19. The maximum Gasteiger partial charge on any atom is 0.122 e. The Kier molecular flexibility index (Phi) is 12.8. The highest BCUT2D eigenvalue weighted by atomic mass is 16.5. The smallest absolute Gasteiger partial charge is 0.122 e. The van der Waals surface area contributed by atoms with Crippen LogP contribution in [-0.4, -0.2) is 22.7 Å². The average Bonchev–Trinajstić information content (AvgIpc) is 3.07. The third-order valence-electron chi connectivity index (χ3n) is 8.52. The molecule has 0 aliphatic rings. The van der Waals surface area contributed by atoms with E-state index >= 15 is 0 Å². The van der Waals surface area contributed by atoms with E-state index in [4.69, 9.17) is 31.8 Å². The molecule has 0 radical (unpaired) electrons. The van der Waals surface area contributed by atoms with E-state index in [1.807, 2.05) is 24.3 Å². The molecular weight excluding hydrogens is 596 g/mol. The lowest BCUT2D eigenvalue weighted by molar-refractivity contribution is 0.305. The molecule has 0 bridgehead atoms. The molecule has 0 aliphatic heterocycles. The van der Waals surface area contributed by atoms with Gasteiger partial charge in [0.05, 0.1) is 0 Å². The van der Waals surface area contributed by atoms with Gasteiger partial charge in [0, 0.05) is 35.3 Å². The number of nitrogens with two attached hydrogens (primary N) is 2. The Morgan fingerprint density at radius 2 is 0.917 bits per heavy atom. The van der Waals surface area contributed by atoms with Crippen LogP contribution >= 0.6 is 0 Å². The molecule has 0 spiro atoms. The van der Waals surface area contributed by atoms with Crippen LogP contribution in [0.15, 0.2) is 97.1 Å². The summed E-state index contributed by atoms with van der Waals surface area (Å²) in [6.07, 6.45) is 4.51. The van der Waals surface area contributed by atoms with Crippen molar-refractivity contribution in [1.29, 1.82) is 10.8 Å². The van der Waals surface area contributed by atoms with Gasteiger partial charge in [0.15, 0.2) is 0 Å². The molecule has 0 unspecified atom stereocenters. The zero-order valence-electron chi connectivity index (χ0n) is 28.9. The van der Waals surface area contributed by atoms with Crippen molar-refractivity contribution in [2.45, 2.75) is 90.8 Å². The van der Waals surface area contributed by atoms with Crippen LogP contribution < -0.4 is 31.6 Å². The summed E-state index contributed by atoms with van der Waals surface area (Å²) in [5.74, 6) is 1.63. The zero-order chi connectivity index (χ0) is 34.6. The molecule has 4 rings (SSSR count). The Morgan fingerprint density at radius 3 is 1.27 bits per heavy atom. The summed E-state index contributed by atoms with van der Waals surface area (Å²) in [5, 5.41) is 22.6. The number of hydrogen-bond acceptors (Lipinski definition) is 6. The Hall–Kier alpha value is -4.66. The van der Waals surface area contributed by atoms with E-state index in [0.29, 0.717) is 24.3 Å². The van der Waals surface area contributed by atoms with Gasteiger partial charge in [-0.3, -0.25) is 10.8 Å². The van der Waals surface area contributed by atoms with Crippen molar-refractivity contribution in [3.63, 3.8) is 0 Å². The van der Waals surface area contributed by atoms with Crippen molar-refractivity contribution in [2.24, 2.45) is 11.5 Å². The quantitative estimate of drug-likeness (QED) is 0.0355. The normalized spacial score (nSPS) is 11.7. The lowest BCUT2D eigenvalue weighted by Crippen LogP contribution is -2.40. The fourth-order valence-corrected chi connectivity index (χ4v) is 5.45. The molecule has 0 saturated carbocycles. The van der Waals surface area contributed by atoms with Gasteiger partial charge >= 0.3 is 0 Å². The molecule has 8 N–H and O–H groups in total. The first-order valence-corrected chi connectivity index (χ1v) is 16.7. The molecule has 4 aromatic rings. The Labute approximate surface area is 286 Å². The molecule has 0 fully saturated rings. The van der Waals surface area contributed by atoms with Gasteiger partial charge in [0.2, 0.25) is 0 Å². The lowest BCUT2D eigenvalue weighted by atomic mass is 9.91. The SMILES string of the molecule is CC(C)(CCCCC(C)(C)NCc1cccc(COc2ccc(C(=N)N)cc2)c1)NCc1cccc(COc2ccc(C(=N)N)cc2)c1. The number of nitrogen functional groups attached to an aromatic ring is 2. The number of nitrogens with one attached hydrogen (secondary N) is 4. The average molecular weight is 649 g/mol. The minimum absolute atomic E-state index is 0.0283. The Morgan fingerprint density at radius 1 is 0.562 bits per heavy atom. The minimum Gasteiger partial charge on any atom is -0.489 e. The molecule has 0 saturated heterocycles. The predicted octanol–water partition coefficient (Wildman–Crippen LogP) is 7.41. The fraction of sp³-hybridized carbons (Fsp3) is 0.350. The summed E-state index contributed by atoms with van der Waals surface area (Å²) < 4.78 is 11.9. The molecule has 4 aromatic carbocycles. The monoisotopic (exact) mass is 648 g/mol. The van der Waals surface area contributed by atoms with E-state index in [9.17, 15) is 0 Å². The van der Waals surface area contributed by atoms with Crippen LogP contribution in [0, 0.1) is 10.8 Å². The Balaban J connectivity index is 1.14. The maximum atomic E-state index is 7.53. The number of hydrogen-bond donors (Lipinski definition) is 6. The standard InChI is InChI=1S/C40H52N6O2/c1-39(2,45-25-29-9-7-11-31(23-29)27-47-35-17-13-33(14-18-35)37(41)42)21-5-6-22-40(3,4)46-26-30-10-8-12-32(24-30)28-48-36-19-15-34(16-20-36)38(43)44/h7-20,23-24,45-46H,5-6,21-22,25-28H2,1-4H3,(H3,41,42)(H3,43,44). The van der Waals surface area contributed by atoms with Crippen LogP contribution in [0.4, 0.5) is 0 Å². The molecule has 0 aromatic heterocycles. The highest BCUT2D eigenvalue weighted by Crippen LogP contribution is 2.21. The number of amidine groups is 2. The summed E-state index contributed by atoms with van der Waals surface area (Å²) in [5.41, 5.74) is 17.2. The van der Waals surface area contributed by atoms with Gasteiger partial charge in [-0.05, 0) is 111 Å². The second-order valence-electron chi connectivity index (χ2n) is 13.8. The van der Waals surface area contributed by atoms with Gasteiger partial charge in [-0.25, -0.2) is 0 Å². The molecule has 8 nitrogen and oxygen atoms in total. The van der Waals surface area contributed by atoms with Gasteiger partial charge in [0.1, 0.15) is 36.4 Å². The van der Waals surface area contributed by atoms with Gasteiger partial charge in [-0.1, -0.05) is 61.4 Å². The van der Waals surface area contributed by atoms with Gasteiger partial charge in [-0.2, -0.15) is 0 Å². The van der Waals surface area contributed by atoms with Gasteiger partial charge < -0.3 is 31.6 Å². The number of benzene rings is 4. The summed E-state index contributed by atoms with van der Waals surface area (Å²) in [6.45, 7) is 11.7. The van der Waals surface area contributed by atoms with Crippen molar-refractivity contribution in [3.8, 4) is 11.5 Å². The highest BCUT2D eigenvalue weighted by molar-refractivity contribution is 5.95. The predicted molar refractivity (Wildman–Crippen MR) is 197 cm³/mol. The van der Waals surface area contributed by atoms with Gasteiger partial charge in [-0.15, -0.1) is 0 Å². The van der Waals surface area contributed by atoms with Gasteiger partial charge in [0.25, 0.3) is 0 Å². The van der Waals surface area contributed by atoms with Crippen LogP contribution in [0.5, 0.6) is 11.5 Å². The van der Waals surface area contributed by atoms with Crippen molar-refractivity contribution in [1.82, 2.24) is 10.6 Å². The molecule has 0 atom stereocenters. The van der Waals surface area contributed by atoms with Crippen LogP contribution in [0.3, 0.4) is 0 Å². The molecule has 0 heterocycles. The third-order valence-corrected chi connectivity index (χ3v) is 8.52. The summed E-state index contributed by atoms with van der Waals surface area (Å²) in [7, 11) is 0. The first kappa shape index (κ1) is 36.2. The van der Waals surface area contributed by atoms with Crippen LogP contribution in [0.25, 0.3) is 0 Å². The van der Waals surface area contributed by atoms with Crippen molar-refractivity contribution < 1.29 is 9.47 Å². The van der Waals surface area contributed by atoms with Crippen molar-refractivity contribution in [3.05, 3.63) is 130 Å². The second-order valence-corrected chi connectivity index (χ2v) is 13.8. The molecule has 0 amide bonds. The summed E-state index contributed by atoms with van der Waals surface area (Å²) in [6, 6.07) is 31.6. The Bertz CT molecular complexity index is 1510. The zero-order valence-corrected chi connectivity index (χ0v) is 28.9. The molecule has 0 aliphatic carbocycles.